The van der Waals surface area contributed by atoms with Crippen LogP contribution in [-0.2, 0) is 5.41 Å². The van der Waals surface area contributed by atoms with E-state index in [1.807, 2.05) is 24.3 Å². The van der Waals surface area contributed by atoms with E-state index >= 15 is 0 Å². The number of hydrogen-bond acceptors (Lipinski definition) is 4. The second-order valence-electron chi connectivity index (χ2n) is 10.7. The molecular formula is C37H28Br2O4. The fourth-order valence-electron chi connectivity index (χ4n) is 6.48. The lowest BCUT2D eigenvalue weighted by Crippen LogP contribution is -2.28. The molecule has 0 radical (unpaired) electrons. The van der Waals surface area contributed by atoms with Gasteiger partial charge in [0, 0.05) is 8.95 Å². The van der Waals surface area contributed by atoms with E-state index in [-0.39, 0.29) is 26.4 Å². The number of halogens is 2. The number of fused-ring (bicyclic) bond motifs is 5. The summed E-state index contributed by atoms with van der Waals surface area (Å²) in [4.78, 5) is 0. The monoisotopic (exact) mass is 694 g/mol. The molecule has 0 saturated carbocycles. The molecule has 6 aromatic rings. The predicted molar refractivity (Wildman–Crippen MR) is 179 cm³/mol. The van der Waals surface area contributed by atoms with Gasteiger partial charge < -0.3 is 19.7 Å². The topological polar surface area (TPSA) is 58.9 Å². The average molecular weight is 696 g/mol. The minimum absolute atomic E-state index is 0.0216. The van der Waals surface area contributed by atoms with E-state index in [2.05, 4.69) is 117 Å². The van der Waals surface area contributed by atoms with Gasteiger partial charge in [0.15, 0.2) is 0 Å². The quantitative estimate of drug-likeness (QED) is 0.167. The van der Waals surface area contributed by atoms with Gasteiger partial charge in [0.05, 0.1) is 18.6 Å². The van der Waals surface area contributed by atoms with E-state index in [1.165, 1.54) is 33.4 Å². The number of aliphatic hydroxyl groups excluding tert-OH is 2. The second kappa shape index (κ2) is 11.4. The number of ether oxygens (including phenoxy) is 2. The van der Waals surface area contributed by atoms with Crippen molar-refractivity contribution < 1.29 is 19.7 Å². The van der Waals surface area contributed by atoms with Gasteiger partial charge in [-0.25, -0.2) is 0 Å². The molecule has 43 heavy (non-hydrogen) atoms. The van der Waals surface area contributed by atoms with Crippen LogP contribution >= 0.6 is 31.9 Å². The minimum atomic E-state index is -0.585. The van der Waals surface area contributed by atoms with Crippen LogP contribution in [0.15, 0.2) is 118 Å². The van der Waals surface area contributed by atoms with Crippen LogP contribution in [-0.4, -0.2) is 36.6 Å². The molecule has 4 nitrogen and oxygen atoms in total. The van der Waals surface area contributed by atoms with E-state index in [0.29, 0.717) is 0 Å². The van der Waals surface area contributed by atoms with Gasteiger partial charge in [0.25, 0.3) is 0 Å². The van der Waals surface area contributed by atoms with E-state index in [9.17, 15) is 10.2 Å². The molecule has 0 fully saturated rings. The highest BCUT2D eigenvalue weighted by molar-refractivity contribution is 9.10. The zero-order valence-electron chi connectivity index (χ0n) is 23.2. The fourth-order valence-corrected chi connectivity index (χ4v) is 7.20. The van der Waals surface area contributed by atoms with Gasteiger partial charge in [-0.3, -0.25) is 0 Å². The summed E-state index contributed by atoms with van der Waals surface area (Å²) in [5.74, 6) is 1.48. The van der Waals surface area contributed by atoms with Crippen molar-refractivity contribution in [1.29, 1.82) is 0 Å². The third-order valence-electron chi connectivity index (χ3n) is 8.27. The summed E-state index contributed by atoms with van der Waals surface area (Å²) in [7, 11) is 0. The maximum absolute atomic E-state index is 9.20. The summed E-state index contributed by atoms with van der Waals surface area (Å²) >= 11 is 7.57. The molecule has 0 saturated heterocycles. The zero-order valence-corrected chi connectivity index (χ0v) is 26.4. The first-order chi connectivity index (χ1) is 21.0. The first-order valence-corrected chi connectivity index (χ1v) is 15.8. The van der Waals surface area contributed by atoms with Gasteiger partial charge in [-0.2, -0.15) is 0 Å². The lowest BCUT2D eigenvalue weighted by atomic mass is 9.67. The molecule has 7 rings (SSSR count). The average Bonchev–Trinajstić information content (AvgIpc) is 3.31. The standard InChI is InChI=1S/C37H28Br2O4/c38-29-7-11-33-34-12-8-30(39)22-36(34)37(35(33)21-29,27-5-1-25-19-31(42-15-13-40)9-3-23(25)17-27)28-6-2-26-20-32(43-16-14-41)10-4-24(26)18-28/h1-12,17-22,40-41H,13-16H2. The molecule has 1 aliphatic carbocycles. The van der Waals surface area contributed by atoms with Crippen LogP contribution < -0.4 is 9.47 Å². The smallest absolute Gasteiger partial charge is 0.120 e. The first-order valence-electron chi connectivity index (χ1n) is 14.2. The Morgan fingerprint density at radius 1 is 0.488 bits per heavy atom. The highest BCUT2D eigenvalue weighted by Crippen LogP contribution is 2.57. The molecule has 6 heteroatoms. The maximum atomic E-state index is 9.20. The minimum Gasteiger partial charge on any atom is -0.491 e. The van der Waals surface area contributed by atoms with Crippen LogP contribution in [0.25, 0.3) is 32.7 Å². The molecule has 0 aliphatic heterocycles. The largest absolute Gasteiger partial charge is 0.491 e. The highest BCUT2D eigenvalue weighted by atomic mass is 79.9. The van der Waals surface area contributed by atoms with Crippen molar-refractivity contribution in [3.63, 3.8) is 0 Å². The Morgan fingerprint density at radius 2 is 0.907 bits per heavy atom. The first kappa shape index (κ1) is 28.1. The Hall–Kier alpha value is -3.68. The van der Waals surface area contributed by atoms with Crippen LogP contribution in [0.1, 0.15) is 22.3 Å². The van der Waals surface area contributed by atoms with Gasteiger partial charge in [-0.1, -0.05) is 80.4 Å². The predicted octanol–water partition coefficient (Wildman–Crippen LogP) is 8.62. The van der Waals surface area contributed by atoms with E-state index in [1.54, 1.807) is 0 Å². The number of aliphatic hydroxyl groups is 2. The fraction of sp³-hybridized carbons (Fsp3) is 0.135. The maximum Gasteiger partial charge on any atom is 0.120 e. The lowest BCUT2D eigenvalue weighted by molar-refractivity contribution is 0.201. The van der Waals surface area contributed by atoms with E-state index in [0.717, 1.165) is 42.0 Å². The van der Waals surface area contributed by atoms with E-state index in [4.69, 9.17) is 9.47 Å². The summed E-state index contributed by atoms with van der Waals surface area (Å²) in [6, 6.07) is 38.7. The van der Waals surface area contributed by atoms with Gasteiger partial charge in [0.1, 0.15) is 24.7 Å². The molecule has 2 N–H and O–H groups in total. The van der Waals surface area contributed by atoms with E-state index < -0.39 is 5.41 Å². The third-order valence-corrected chi connectivity index (χ3v) is 9.26. The molecule has 0 heterocycles. The summed E-state index contributed by atoms with van der Waals surface area (Å²) in [6.07, 6.45) is 0. The Balaban J connectivity index is 1.50. The van der Waals surface area contributed by atoms with Crippen molar-refractivity contribution in [3.8, 4) is 22.6 Å². The summed E-state index contributed by atoms with van der Waals surface area (Å²) in [5, 5.41) is 22.8. The number of benzene rings is 6. The molecular weight excluding hydrogens is 668 g/mol. The summed E-state index contributed by atoms with van der Waals surface area (Å²) in [6.45, 7) is 0.487. The molecule has 0 unspecified atom stereocenters. The van der Waals surface area contributed by atoms with Crippen molar-refractivity contribution in [2.24, 2.45) is 0 Å². The molecule has 0 amide bonds. The molecule has 1 aliphatic rings. The Bertz CT molecular complexity index is 1860. The summed E-state index contributed by atoms with van der Waals surface area (Å²) < 4.78 is 13.4. The van der Waals surface area contributed by atoms with Crippen molar-refractivity contribution in [1.82, 2.24) is 0 Å². The molecule has 0 atom stereocenters. The molecule has 214 valence electrons. The molecule has 0 bridgehead atoms. The molecule has 0 aromatic heterocycles. The zero-order chi connectivity index (χ0) is 29.6. The normalized spacial score (nSPS) is 13.2. The number of rotatable bonds is 8. The van der Waals surface area contributed by atoms with Gasteiger partial charge >= 0.3 is 0 Å². The Labute approximate surface area is 266 Å². The summed E-state index contributed by atoms with van der Waals surface area (Å²) in [5.41, 5.74) is 6.63. The van der Waals surface area contributed by atoms with Crippen molar-refractivity contribution in [2.75, 3.05) is 26.4 Å². The van der Waals surface area contributed by atoms with Crippen LogP contribution in [0.5, 0.6) is 11.5 Å². The van der Waals surface area contributed by atoms with Gasteiger partial charge in [0.2, 0.25) is 0 Å². The van der Waals surface area contributed by atoms with Crippen LogP contribution in [0.2, 0.25) is 0 Å². The van der Waals surface area contributed by atoms with Crippen LogP contribution in [0, 0.1) is 0 Å². The van der Waals surface area contributed by atoms with Crippen molar-refractivity contribution in [2.45, 2.75) is 5.41 Å². The Morgan fingerprint density at radius 3 is 1.35 bits per heavy atom. The van der Waals surface area contributed by atoms with Gasteiger partial charge in [-0.15, -0.1) is 0 Å². The SMILES string of the molecule is OCCOc1ccc2cc(C3(c4ccc5cc(OCCO)ccc5c4)c4cc(Br)ccc4-c4ccc(Br)cc43)ccc2c1. The molecule has 0 spiro atoms. The van der Waals surface area contributed by atoms with Crippen molar-refractivity contribution >= 4 is 53.4 Å². The van der Waals surface area contributed by atoms with Crippen molar-refractivity contribution in [3.05, 3.63) is 140 Å². The highest BCUT2D eigenvalue weighted by Gasteiger charge is 2.46. The number of hydrogen-bond donors (Lipinski definition) is 2. The van der Waals surface area contributed by atoms with Crippen LogP contribution in [0.4, 0.5) is 0 Å². The van der Waals surface area contributed by atoms with Crippen LogP contribution in [0.3, 0.4) is 0 Å². The third kappa shape index (κ3) is 4.83. The lowest BCUT2D eigenvalue weighted by Gasteiger charge is -2.34. The molecule has 6 aromatic carbocycles. The Kier molecular flexibility index (Phi) is 7.48. The van der Waals surface area contributed by atoms with Gasteiger partial charge in [-0.05, 0) is 116 Å². The second-order valence-corrected chi connectivity index (χ2v) is 12.6.